The van der Waals surface area contributed by atoms with Crippen LogP contribution >= 0.6 is 0 Å². The second-order valence-electron chi connectivity index (χ2n) is 15.8. The molecule has 0 bridgehead atoms. The Balaban J connectivity index is -0.0000000948. The number of aliphatic hydroxyl groups excluding tert-OH is 1. The smallest absolute Gasteiger partial charge is 0.857 e. The van der Waals surface area contributed by atoms with Crippen LogP contribution in [0.5, 0.6) is 0 Å². The van der Waals surface area contributed by atoms with Crippen LogP contribution in [0.3, 0.4) is 0 Å². The van der Waals surface area contributed by atoms with Crippen molar-refractivity contribution in [3.63, 3.8) is 0 Å². The van der Waals surface area contributed by atoms with Crippen molar-refractivity contribution in [2.24, 2.45) is 59.0 Å². The van der Waals surface area contributed by atoms with Crippen LogP contribution in [0.15, 0.2) is 0 Å². The normalized spacial score (nSPS) is 12.1. The van der Waals surface area contributed by atoms with Crippen molar-refractivity contribution in [3.05, 3.63) is 30.3 Å². The third-order valence-electron chi connectivity index (χ3n) is 7.39. The van der Waals surface area contributed by atoms with Crippen molar-refractivity contribution >= 4 is 30.3 Å². The zero-order valence-electron chi connectivity index (χ0n) is 39.1. The number of aliphatic carboxylic acids is 2. The Labute approximate surface area is 384 Å². The van der Waals surface area contributed by atoms with Gasteiger partial charge in [0.25, 0.3) is 0 Å². The Bertz CT molecular complexity index is 1140. The minimum absolute atomic E-state index is 0. The average molecular weight is 897 g/mol. The number of aldehydes is 1. The number of hydrogen-bond acceptors (Lipinski definition) is 16. The molecular weight excluding hydrogens is 819 g/mol. The minimum Gasteiger partial charge on any atom is -0.857 e. The number of nitrogens with two attached hydrogens (primary N) is 1. The molecule has 356 valence electrons. The third kappa shape index (κ3) is 74.4. The zero-order valence-corrected chi connectivity index (χ0v) is 41.1. The number of nitro groups is 3. The summed E-state index contributed by atoms with van der Waals surface area (Å²) in [5.41, 5.74) is 5.41. The van der Waals surface area contributed by atoms with Gasteiger partial charge in [-0.3, -0.25) is 44.7 Å². The molecule has 61 heavy (non-hydrogen) atoms. The van der Waals surface area contributed by atoms with E-state index in [0.717, 1.165) is 19.8 Å². The number of methoxy groups -OCH3 is 1. The van der Waals surface area contributed by atoms with Crippen molar-refractivity contribution in [2.75, 3.05) is 40.4 Å². The van der Waals surface area contributed by atoms with E-state index in [2.05, 4.69) is 18.6 Å². The van der Waals surface area contributed by atoms with Crippen LogP contribution < -0.4 is 40.4 Å². The van der Waals surface area contributed by atoms with E-state index < -0.39 is 33.8 Å². The second-order valence-corrected chi connectivity index (χ2v) is 15.8. The number of carbonyl (C=O) groups excluding carboxylic acids is 4. The van der Waals surface area contributed by atoms with E-state index in [4.69, 9.17) is 35.7 Å². The molecule has 5 atom stereocenters. The first kappa shape index (κ1) is 74.9. The Morgan fingerprint density at radius 3 is 1.25 bits per heavy atom. The predicted octanol–water partition coefficient (Wildman–Crippen LogP) is 1.52. The Morgan fingerprint density at radius 1 is 0.656 bits per heavy atom. The number of aliphatic hydroxyl groups is 1. The first-order chi connectivity index (χ1) is 27.6. The van der Waals surface area contributed by atoms with Gasteiger partial charge in [-0.25, -0.2) is 0 Å². The van der Waals surface area contributed by atoms with Gasteiger partial charge in [0.1, 0.15) is 12.4 Å². The van der Waals surface area contributed by atoms with E-state index in [9.17, 15) is 49.5 Å². The molecule has 0 aromatic carbocycles. The summed E-state index contributed by atoms with van der Waals surface area (Å²) < 4.78 is 4.59. The van der Waals surface area contributed by atoms with Gasteiger partial charge in [-0.1, -0.05) is 76.2 Å². The molecule has 0 aromatic rings. The van der Waals surface area contributed by atoms with Crippen LogP contribution in [0.25, 0.3) is 0 Å². The number of nitrogens with zero attached hydrogens (tertiary/aromatic N) is 3. The molecule has 0 rings (SSSR count). The minimum atomic E-state index is -0.965. The number of rotatable bonds is 23. The number of carboxylic acid groups (broad SMARTS) is 2. The van der Waals surface area contributed by atoms with E-state index >= 15 is 0 Å². The molecule has 0 spiro atoms. The molecule has 0 aliphatic rings. The molecule has 21 nitrogen and oxygen atoms in total. The number of esters is 1. The van der Waals surface area contributed by atoms with Gasteiger partial charge in [-0.05, 0) is 67.7 Å². The van der Waals surface area contributed by atoms with Gasteiger partial charge in [0, 0.05) is 39.4 Å². The fourth-order valence-corrected chi connectivity index (χ4v) is 5.12. The van der Waals surface area contributed by atoms with Crippen molar-refractivity contribution in [3.8, 4) is 0 Å². The van der Waals surface area contributed by atoms with Crippen molar-refractivity contribution < 1.29 is 98.3 Å². The quantitative estimate of drug-likeness (QED) is 0.0371. The molecule has 0 saturated carbocycles. The molecule has 0 aliphatic carbocycles. The van der Waals surface area contributed by atoms with Crippen LogP contribution in [-0.4, -0.2) is 107 Å². The van der Waals surface area contributed by atoms with Crippen molar-refractivity contribution in [2.45, 2.75) is 127 Å². The van der Waals surface area contributed by atoms with Gasteiger partial charge in [-0.2, -0.15) is 16.7 Å². The fraction of sp³-hybridized carbons (Fsp3) is 0.872. The zero-order chi connectivity index (χ0) is 49.1. The largest absolute Gasteiger partial charge is 1.00 e. The number of ether oxygens (including phenoxy) is 1. The first-order valence-electron chi connectivity index (χ1n) is 19.6. The molecule has 5 unspecified atom stereocenters. The summed E-state index contributed by atoms with van der Waals surface area (Å²) in [6.45, 7) is 21.3. The van der Waals surface area contributed by atoms with E-state index in [1.165, 1.54) is 7.11 Å². The SMILES string of the molecule is CC(C)CC(CC(=O)O)C[N+](=O)[O-].CC(C)CC(CN)CC(=O)O.CC(C)CC(O)C[N+](=O)[O-].CC(C)CC=O.COC(=O)C(C)C(CC(C)C)C[N+](=O)[O-].C[O-].O=C=O.[Na+]. The molecule has 0 aromatic heterocycles. The summed E-state index contributed by atoms with van der Waals surface area (Å²) in [6.07, 6.45) is 3.86. The molecule has 0 aliphatic heterocycles. The number of carboxylic acids is 2. The maximum Gasteiger partial charge on any atom is 1.00 e. The summed E-state index contributed by atoms with van der Waals surface area (Å²) in [5.74, 6) is -0.932. The molecule has 0 fully saturated rings. The Morgan fingerprint density at radius 2 is 1.00 bits per heavy atom. The van der Waals surface area contributed by atoms with E-state index in [-0.39, 0.29) is 96.8 Å². The third-order valence-corrected chi connectivity index (χ3v) is 7.39. The van der Waals surface area contributed by atoms with Crippen LogP contribution in [0, 0.1) is 83.6 Å². The maximum absolute atomic E-state index is 11.3. The molecule has 0 heterocycles. The summed E-state index contributed by atoms with van der Waals surface area (Å²) in [5, 5.41) is 64.6. The van der Waals surface area contributed by atoms with Gasteiger partial charge >= 0.3 is 53.6 Å². The second kappa shape index (κ2) is 50.9. The molecule has 5 N–H and O–H groups in total. The molecule has 0 amide bonds. The standard InChI is InChI=1S/C10H19NO4.C8H15NO4.C8H17NO2.C6H13NO3.C5H10O.CO2.CH3O.Na/c1-7(2)5-9(6-11(13)14)8(3)10(12)15-4;1-6(2)3-7(4-8(10)11)5-9(12)13;1-6(2)3-7(5-9)4-8(10)11;1-5(2)3-6(8)4-7(9)10;1-5(2)3-4-6;2-1-3;1-2;/h7-9H,5-6H2,1-4H3;6-7H,3-5H2,1-2H3,(H,10,11);6-7H,3-5,9H2,1-2H3,(H,10,11);5-6,8H,3-4H2,1-2H3;4-5H,3H2,1-2H3;;1H3;/q;;;;;;-1;+1. The van der Waals surface area contributed by atoms with Crippen molar-refractivity contribution in [1.82, 2.24) is 0 Å². The summed E-state index contributed by atoms with van der Waals surface area (Å²) in [7, 11) is 2.05. The molecule has 0 saturated heterocycles. The molecular formula is C39H77N4NaO17. The Hall–Kier alpha value is -3.46. The number of hydrogen-bond donors (Lipinski definition) is 4. The van der Waals surface area contributed by atoms with Crippen LogP contribution in [-0.2, 0) is 33.5 Å². The first-order valence-corrected chi connectivity index (χ1v) is 19.6. The summed E-state index contributed by atoms with van der Waals surface area (Å²) in [4.78, 5) is 87.0. The van der Waals surface area contributed by atoms with Gasteiger partial charge in [0.05, 0.1) is 19.4 Å². The molecule has 0 radical (unpaired) electrons. The van der Waals surface area contributed by atoms with E-state index in [1.807, 2.05) is 55.4 Å². The van der Waals surface area contributed by atoms with Crippen LogP contribution in [0.2, 0.25) is 0 Å². The van der Waals surface area contributed by atoms with Gasteiger partial charge in [-0.15, -0.1) is 0 Å². The Kier molecular flexibility index (Phi) is 62.5. The number of carbonyl (C=O) groups is 4. The van der Waals surface area contributed by atoms with Crippen molar-refractivity contribution in [1.29, 1.82) is 0 Å². The fourth-order valence-electron chi connectivity index (χ4n) is 5.12. The molecule has 22 heteroatoms. The monoisotopic (exact) mass is 897 g/mol. The average Bonchev–Trinajstić information content (AvgIpc) is 3.07. The predicted molar refractivity (Wildman–Crippen MR) is 221 cm³/mol. The summed E-state index contributed by atoms with van der Waals surface area (Å²) >= 11 is 0. The van der Waals surface area contributed by atoms with Gasteiger partial charge in [0.2, 0.25) is 19.6 Å². The maximum atomic E-state index is 11.3. The van der Waals surface area contributed by atoms with Crippen LogP contribution in [0.4, 0.5) is 0 Å². The summed E-state index contributed by atoms with van der Waals surface area (Å²) in [6, 6.07) is 0. The van der Waals surface area contributed by atoms with Gasteiger partial charge in [0.15, 0.2) is 0 Å². The van der Waals surface area contributed by atoms with Crippen LogP contribution in [0.1, 0.15) is 121 Å². The van der Waals surface area contributed by atoms with Gasteiger partial charge < -0.3 is 35.7 Å². The van der Waals surface area contributed by atoms with E-state index in [1.54, 1.807) is 6.92 Å². The topological polar surface area (TPSA) is 351 Å². The van der Waals surface area contributed by atoms with E-state index in [0.29, 0.717) is 61.8 Å².